The van der Waals surface area contributed by atoms with Crippen molar-refractivity contribution in [1.29, 1.82) is 0 Å². The molecule has 0 saturated carbocycles. The van der Waals surface area contributed by atoms with Crippen molar-refractivity contribution >= 4 is 45.9 Å². The van der Waals surface area contributed by atoms with Gasteiger partial charge in [0.25, 0.3) is 0 Å². The van der Waals surface area contributed by atoms with Gasteiger partial charge in [-0.15, -0.1) is 5.10 Å². The largest absolute Gasteiger partial charge is 0.497 e. The number of nitrogens with one attached hydrogen (secondary N) is 2. The Morgan fingerprint density at radius 1 is 1.24 bits per heavy atom. The second kappa shape index (κ2) is 8.34. The molecule has 128 valence electrons. The Morgan fingerprint density at radius 2 is 2.00 bits per heavy atom. The van der Waals surface area contributed by atoms with Crippen molar-refractivity contribution in [3.8, 4) is 17.1 Å². The van der Waals surface area contributed by atoms with Crippen LogP contribution >= 0.6 is 34.4 Å². The van der Waals surface area contributed by atoms with E-state index in [1.807, 2.05) is 48.5 Å². The fraction of sp³-hybridized carbons (Fsp3) is 0.118. The molecule has 0 aliphatic rings. The van der Waals surface area contributed by atoms with Crippen LogP contribution in [0.3, 0.4) is 0 Å². The van der Waals surface area contributed by atoms with Crippen molar-refractivity contribution in [3.05, 3.63) is 52.1 Å². The smallest absolute Gasteiger partial charge is 0.234 e. The van der Waals surface area contributed by atoms with Crippen molar-refractivity contribution in [2.45, 2.75) is 5.16 Å². The number of para-hydroxylation sites is 1. The van der Waals surface area contributed by atoms with Gasteiger partial charge in [0.15, 0.2) is 5.82 Å². The standard InChI is InChI=1S/C17H15IN4O2S/c1-24-12-8-6-11(7-9-12)16-20-17(22-21-16)25-10-15(23)19-14-5-3-2-4-13(14)18/h2-9H,10H2,1H3,(H,19,23)(H,20,21,22). The van der Waals surface area contributed by atoms with Crippen molar-refractivity contribution in [3.63, 3.8) is 0 Å². The quantitative estimate of drug-likeness (QED) is 0.427. The minimum atomic E-state index is -0.0927. The first-order valence-electron chi connectivity index (χ1n) is 7.39. The summed E-state index contributed by atoms with van der Waals surface area (Å²) in [7, 11) is 1.62. The Kier molecular flexibility index (Phi) is 5.92. The zero-order valence-corrected chi connectivity index (χ0v) is 16.3. The van der Waals surface area contributed by atoms with Gasteiger partial charge in [-0.3, -0.25) is 9.89 Å². The molecule has 2 aromatic carbocycles. The fourth-order valence-electron chi connectivity index (χ4n) is 2.07. The molecule has 3 rings (SSSR count). The Balaban J connectivity index is 1.58. The Hall–Kier alpha value is -2.07. The maximum Gasteiger partial charge on any atom is 0.234 e. The van der Waals surface area contributed by atoms with Crippen LogP contribution in [0.4, 0.5) is 5.69 Å². The van der Waals surface area contributed by atoms with E-state index in [1.54, 1.807) is 7.11 Å². The van der Waals surface area contributed by atoms with E-state index in [4.69, 9.17) is 4.74 Å². The number of carbonyl (C=O) groups excluding carboxylic acids is 1. The van der Waals surface area contributed by atoms with Gasteiger partial charge >= 0.3 is 0 Å². The number of halogens is 1. The predicted octanol–water partition coefficient (Wildman–Crippen LogP) is 3.82. The summed E-state index contributed by atoms with van der Waals surface area (Å²) in [6.45, 7) is 0. The zero-order chi connectivity index (χ0) is 17.6. The maximum absolute atomic E-state index is 12.1. The van der Waals surface area contributed by atoms with Crippen molar-refractivity contribution < 1.29 is 9.53 Å². The first kappa shape index (κ1) is 17.7. The Bertz CT molecular complexity index is 867. The lowest BCUT2D eigenvalue weighted by Crippen LogP contribution is -2.14. The van der Waals surface area contributed by atoms with Gasteiger partial charge < -0.3 is 10.1 Å². The molecule has 0 spiro atoms. The Morgan fingerprint density at radius 3 is 2.72 bits per heavy atom. The summed E-state index contributed by atoms with van der Waals surface area (Å²) in [4.78, 5) is 16.5. The number of amides is 1. The molecule has 0 aliphatic heterocycles. The molecule has 6 nitrogen and oxygen atoms in total. The van der Waals surface area contributed by atoms with Crippen LogP contribution in [0.5, 0.6) is 5.75 Å². The highest BCUT2D eigenvalue weighted by molar-refractivity contribution is 14.1. The van der Waals surface area contributed by atoms with E-state index in [9.17, 15) is 4.79 Å². The van der Waals surface area contributed by atoms with Crippen LogP contribution in [0, 0.1) is 3.57 Å². The number of benzene rings is 2. The summed E-state index contributed by atoms with van der Waals surface area (Å²) in [6, 6.07) is 15.2. The van der Waals surface area contributed by atoms with Gasteiger partial charge in [-0.25, -0.2) is 4.98 Å². The van der Waals surface area contributed by atoms with Crippen LogP contribution in [0.25, 0.3) is 11.4 Å². The number of hydrogen-bond acceptors (Lipinski definition) is 5. The number of aromatic amines is 1. The van der Waals surface area contributed by atoms with Crippen molar-refractivity contribution in [2.24, 2.45) is 0 Å². The van der Waals surface area contributed by atoms with E-state index in [0.29, 0.717) is 11.0 Å². The van der Waals surface area contributed by atoms with Gasteiger partial charge in [-0.2, -0.15) is 0 Å². The van der Waals surface area contributed by atoms with Crippen LogP contribution in [0.2, 0.25) is 0 Å². The maximum atomic E-state index is 12.1. The lowest BCUT2D eigenvalue weighted by atomic mass is 10.2. The van der Waals surface area contributed by atoms with Crippen molar-refractivity contribution in [2.75, 3.05) is 18.2 Å². The van der Waals surface area contributed by atoms with E-state index in [0.717, 1.165) is 20.6 Å². The molecule has 1 aromatic heterocycles. The van der Waals surface area contributed by atoms with Gasteiger partial charge in [0.05, 0.1) is 18.6 Å². The third-order valence-electron chi connectivity index (χ3n) is 3.31. The second-order valence-corrected chi connectivity index (χ2v) is 7.12. The van der Waals surface area contributed by atoms with Crippen LogP contribution < -0.4 is 10.1 Å². The molecule has 1 amide bonds. The highest BCUT2D eigenvalue weighted by Crippen LogP contribution is 2.22. The summed E-state index contributed by atoms with van der Waals surface area (Å²) in [5.41, 5.74) is 1.71. The first-order valence-corrected chi connectivity index (χ1v) is 9.46. The number of ether oxygens (including phenoxy) is 1. The number of nitrogens with zero attached hydrogens (tertiary/aromatic N) is 2. The van der Waals surface area contributed by atoms with Crippen LogP contribution in [0.15, 0.2) is 53.7 Å². The molecule has 0 aliphatic carbocycles. The van der Waals surface area contributed by atoms with Gasteiger partial charge in [0.1, 0.15) is 5.75 Å². The summed E-state index contributed by atoms with van der Waals surface area (Å²) in [5.74, 6) is 1.59. The number of anilines is 1. The molecule has 25 heavy (non-hydrogen) atoms. The molecular formula is C17H15IN4O2S. The number of H-pyrrole nitrogens is 1. The normalized spacial score (nSPS) is 10.5. The highest BCUT2D eigenvalue weighted by Gasteiger charge is 2.10. The Labute approximate surface area is 162 Å². The SMILES string of the molecule is COc1ccc(-c2nc(SCC(=O)Nc3ccccc3I)n[nH]2)cc1. The van der Waals surface area contributed by atoms with Gasteiger partial charge in [0, 0.05) is 9.13 Å². The number of aromatic nitrogens is 3. The zero-order valence-electron chi connectivity index (χ0n) is 13.3. The van der Waals surface area contributed by atoms with Crippen LogP contribution in [-0.2, 0) is 4.79 Å². The summed E-state index contributed by atoms with van der Waals surface area (Å²) < 4.78 is 6.14. The van der Waals surface area contributed by atoms with E-state index in [2.05, 4.69) is 43.1 Å². The summed E-state index contributed by atoms with van der Waals surface area (Å²) >= 11 is 3.47. The molecule has 0 unspecified atom stereocenters. The van der Waals surface area contributed by atoms with Gasteiger partial charge in [-0.05, 0) is 59.0 Å². The van der Waals surface area contributed by atoms with E-state index < -0.39 is 0 Å². The number of hydrogen-bond donors (Lipinski definition) is 2. The summed E-state index contributed by atoms with van der Waals surface area (Å²) in [5, 5.41) is 10.4. The third kappa shape index (κ3) is 4.73. The lowest BCUT2D eigenvalue weighted by Gasteiger charge is -2.05. The van der Waals surface area contributed by atoms with E-state index in [1.165, 1.54) is 11.8 Å². The molecular weight excluding hydrogens is 451 g/mol. The van der Waals surface area contributed by atoms with E-state index >= 15 is 0 Å². The molecule has 0 atom stereocenters. The number of rotatable bonds is 6. The van der Waals surface area contributed by atoms with Gasteiger partial charge in [-0.1, -0.05) is 23.9 Å². The molecule has 2 N–H and O–H groups in total. The topological polar surface area (TPSA) is 79.9 Å². The lowest BCUT2D eigenvalue weighted by molar-refractivity contribution is -0.113. The molecule has 0 fully saturated rings. The van der Waals surface area contributed by atoms with Crippen LogP contribution in [0.1, 0.15) is 0 Å². The minimum absolute atomic E-state index is 0.0927. The van der Waals surface area contributed by atoms with Gasteiger partial charge in [0.2, 0.25) is 11.1 Å². The van der Waals surface area contributed by atoms with E-state index in [-0.39, 0.29) is 11.7 Å². The highest BCUT2D eigenvalue weighted by atomic mass is 127. The predicted molar refractivity (Wildman–Crippen MR) is 107 cm³/mol. The monoisotopic (exact) mass is 466 g/mol. The average Bonchev–Trinajstić information content (AvgIpc) is 3.11. The fourth-order valence-corrected chi connectivity index (χ4v) is 3.19. The molecule has 3 aromatic rings. The number of methoxy groups -OCH3 is 1. The molecule has 0 bridgehead atoms. The number of carbonyl (C=O) groups is 1. The first-order chi connectivity index (χ1) is 12.2. The average molecular weight is 466 g/mol. The molecule has 0 saturated heterocycles. The second-order valence-electron chi connectivity index (χ2n) is 5.01. The molecule has 8 heteroatoms. The third-order valence-corrected chi connectivity index (χ3v) is 5.10. The van der Waals surface area contributed by atoms with Crippen molar-refractivity contribution in [1.82, 2.24) is 15.2 Å². The van der Waals surface area contributed by atoms with Crippen LogP contribution in [-0.4, -0.2) is 34.0 Å². The molecule has 1 heterocycles. The minimum Gasteiger partial charge on any atom is -0.497 e. The number of thioether (sulfide) groups is 1. The summed E-state index contributed by atoms with van der Waals surface area (Å²) in [6.07, 6.45) is 0. The molecule has 0 radical (unpaired) electrons.